The van der Waals surface area contributed by atoms with Gasteiger partial charge in [0.2, 0.25) is 0 Å². The predicted octanol–water partition coefficient (Wildman–Crippen LogP) is 4.88. The second-order valence-electron chi connectivity index (χ2n) is 5.42. The smallest absolute Gasteiger partial charge is 0.123 e. The van der Waals surface area contributed by atoms with Crippen molar-refractivity contribution in [1.29, 1.82) is 0 Å². The highest BCUT2D eigenvalue weighted by molar-refractivity contribution is 5.81. The zero-order chi connectivity index (χ0) is 13.8. The van der Waals surface area contributed by atoms with Gasteiger partial charge in [-0.3, -0.25) is 4.99 Å². The molecular formula is C17H19FN2. The summed E-state index contributed by atoms with van der Waals surface area (Å²) >= 11 is 0. The number of hydrogen-bond acceptors (Lipinski definition) is 1. The lowest BCUT2D eigenvalue weighted by Crippen LogP contribution is -2.10. The van der Waals surface area contributed by atoms with E-state index in [1.807, 2.05) is 6.21 Å². The highest BCUT2D eigenvalue weighted by Gasteiger charge is 2.14. The first-order chi connectivity index (χ1) is 9.81. The second kappa shape index (κ2) is 6.04. The number of nitrogens with zero attached hydrogens (tertiary/aromatic N) is 2. The maximum atomic E-state index is 12.8. The van der Waals surface area contributed by atoms with Crippen molar-refractivity contribution in [3.05, 3.63) is 54.1 Å². The van der Waals surface area contributed by atoms with Crippen LogP contribution in [0.1, 0.15) is 43.7 Å². The molecule has 1 saturated carbocycles. The Bertz CT molecular complexity index is 577. The van der Waals surface area contributed by atoms with E-state index in [0.29, 0.717) is 6.04 Å². The number of benzene rings is 1. The number of rotatable bonds is 3. The van der Waals surface area contributed by atoms with Gasteiger partial charge < -0.3 is 4.57 Å². The summed E-state index contributed by atoms with van der Waals surface area (Å²) in [6.45, 7) is 0. The van der Waals surface area contributed by atoms with E-state index in [0.717, 1.165) is 11.3 Å². The summed E-state index contributed by atoms with van der Waals surface area (Å²) in [7, 11) is 0. The molecule has 1 fully saturated rings. The lowest BCUT2D eigenvalue weighted by molar-refractivity contribution is 0.354. The molecule has 0 aliphatic heterocycles. The first-order valence-corrected chi connectivity index (χ1v) is 7.28. The zero-order valence-electron chi connectivity index (χ0n) is 11.5. The maximum Gasteiger partial charge on any atom is 0.123 e. The first-order valence-electron chi connectivity index (χ1n) is 7.28. The van der Waals surface area contributed by atoms with Gasteiger partial charge in [-0.25, -0.2) is 4.39 Å². The van der Waals surface area contributed by atoms with Gasteiger partial charge in [-0.15, -0.1) is 0 Å². The fourth-order valence-corrected chi connectivity index (χ4v) is 2.79. The van der Waals surface area contributed by atoms with Crippen LogP contribution in [0.4, 0.5) is 10.1 Å². The summed E-state index contributed by atoms with van der Waals surface area (Å²) in [6.07, 6.45) is 12.7. The molecule has 0 radical (unpaired) electrons. The summed E-state index contributed by atoms with van der Waals surface area (Å²) in [5, 5.41) is 0. The van der Waals surface area contributed by atoms with E-state index in [-0.39, 0.29) is 5.82 Å². The largest absolute Gasteiger partial charge is 0.351 e. The molecule has 1 aromatic heterocycles. The second-order valence-corrected chi connectivity index (χ2v) is 5.42. The maximum absolute atomic E-state index is 12.8. The van der Waals surface area contributed by atoms with Gasteiger partial charge in [0.25, 0.3) is 0 Å². The van der Waals surface area contributed by atoms with Crippen LogP contribution in [-0.2, 0) is 0 Å². The van der Waals surface area contributed by atoms with Crippen LogP contribution < -0.4 is 0 Å². The molecule has 0 saturated heterocycles. The third kappa shape index (κ3) is 3.16. The van der Waals surface area contributed by atoms with Crippen LogP contribution >= 0.6 is 0 Å². The van der Waals surface area contributed by atoms with Gasteiger partial charge in [-0.2, -0.15) is 0 Å². The third-order valence-corrected chi connectivity index (χ3v) is 3.92. The van der Waals surface area contributed by atoms with E-state index < -0.39 is 0 Å². The van der Waals surface area contributed by atoms with Crippen molar-refractivity contribution in [1.82, 2.24) is 4.57 Å². The number of hydrogen-bond donors (Lipinski definition) is 0. The van der Waals surface area contributed by atoms with Crippen molar-refractivity contribution in [3.8, 4) is 0 Å². The topological polar surface area (TPSA) is 17.3 Å². The highest BCUT2D eigenvalue weighted by Crippen LogP contribution is 2.28. The highest BCUT2D eigenvalue weighted by atomic mass is 19.1. The Morgan fingerprint density at radius 1 is 1.05 bits per heavy atom. The fraction of sp³-hybridized carbons (Fsp3) is 0.353. The van der Waals surface area contributed by atoms with Gasteiger partial charge in [0, 0.05) is 30.2 Å². The molecule has 0 unspecified atom stereocenters. The van der Waals surface area contributed by atoms with E-state index in [1.165, 1.54) is 44.2 Å². The molecule has 20 heavy (non-hydrogen) atoms. The lowest BCUT2D eigenvalue weighted by Gasteiger charge is -2.23. The SMILES string of the molecule is Fc1ccc(N=Cc2ccn(C3CCCCC3)c2)cc1. The molecule has 1 heterocycles. The first kappa shape index (κ1) is 13.1. The Balaban J connectivity index is 1.68. The Kier molecular flexibility index (Phi) is 3.95. The van der Waals surface area contributed by atoms with Gasteiger partial charge in [-0.1, -0.05) is 19.3 Å². The van der Waals surface area contributed by atoms with Crippen LogP contribution in [0.15, 0.2) is 47.7 Å². The van der Waals surface area contributed by atoms with Crippen LogP contribution in [0.2, 0.25) is 0 Å². The molecule has 0 atom stereocenters. The van der Waals surface area contributed by atoms with Crippen molar-refractivity contribution in [3.63, 3.8) is 0 Å². The van der Waals surface area contributed by atoms with Crippen molar-refractivity contribution in [2.75, 3.05) is 0 Å². The molecule has 2 nitrogen and oxygen atoms in total. The normalized spacial score (nSPS) is 16.9. The minimum absolute atomic E-state index is 0.229. The van der Waals surface area contributed by atoms with Gasteiger partial charge in [0.15, 0.2) is 0 Å². The Morgan fingerprint density at radius 2 is 1.80 bits per heavy atom. The summed E-state index contributed by atoms with van der Waals surface area (Å²) in [6, 6.07) is 8.96. The van der Waals surface area contributed by atoms with Gasteiger partial charge in [0.1, 0.15) is 5.82 Å². The summed E-state index contributed by atoms with van der Waals surface area (Å²) in [4.78, 5) is 4.37. The quantitative estimate of drug-likeness (QED) is 0.707. The lowest BCUT2D eigenvalue weighted by atomic mass is 9.95. The van der Waals surface area contributed by atoms with E-state index in [4.69, 9.17) is 0 Å². The molecule has 1 aliphatic carbocycles. The van der Waals surface area contributed by atoms with E-state index >= 15 is 0 Å². The monoisotopic (exact) mass is 270 g/mol. The van der Waals surface area contributed by atoms with Crippen LogP contribution in [0.3, 0.4) is 0 Å². The van der Waals surface area contributed by atoms with Crippen molar-refractivity contribution >= 4 is 11.9 Å². The molecule has 104 valence electrons. The van der Waals surface area contributed by atoms with Crippen LogP contribution in [0.25, 0.3) is 0 Å². The summed E-state index contributed by atoms with van der Waals surface area (Å²) in [5.41, 5.74) is 1.87. The van der Waals surface area contributed by atoms with Crippen LogP contribution in [0.5, 0.6) is 0 Å². The Morgan fingerprint density at radius 3 is 2.55 bits per heavy atom. The number of aromatic nitrogens is 1. The minimum Gasteiger partial charge on any atom is -0.351 e. The van der Waals surface area contributed by atoms with Crippen molar-refractivity contribution in [2.45, 2.75) is 38.1 Å². The van der Waals surface area contributed by atoms with Crippen LogP contribution in [0, 0.1) is 5.82 Å². The van der Waals surface area contributed by atoms with E-state index in [2.05, 4.69) is 28.0 Å². The van der Waals surface area contributed by atoms with Crippen LogP contribution in [-0.4, -0.2) is 10.8 Å². The Hall–Kier alpha value is -1.90. The average molecular weight is 270 g/mol. The van der Waals surface area contributed by atoms with Gasteiger partial charge >= 0.3 is 0 Å². The summed E-state index contributed by atoms with van der Waals surface area (Å²) in [5.74, 6) is -0.229. The molecular weight excluding hydrogens is 251 g/mol. The molecule has 0 spiro atoms. The van der Waals surface area contributed by atoms with Gasteiger partial charge in [0.05, 0.1) is 5.69 Å². The number of halogens is 1. The van der Waals surface area contributed by atoms with E-state index in [9.17, 15) is 4.39 Å². The molecule has 2 aromatic rings. The molecule has 3 heteroatoms. The van der Waals surface area contributed by atoms with Crippen molar-refractivity contribution < 1.29 is 4.39 Å². The molecule has 0 bridgehead atoms. The molecule has 0 N–H and O–H groups in total. The molecule has 3 rings (SSSR count). The average Bonchev–Trinajstić information content (AvgIpc) is 2.97. The molecule has 0 amide bonds. The molecule has 1 aromatic carbocycles. The predicted molar refractivity (Wildman–Crippen MR) is 80.2 cm³/mol. The summed E-state index contributed by atoms with van der Waals surface area (Å²) < 4.78 is 15.1. The molecule has 1 aliphatic rings. The van der Waals surface area contributed by atoms with Crippen molar-refractivity contribution in [2.24, 2.45) is 4.99 Å². The zero-order valence-corrected chi connectivity index (χ0v) is 11.5. The van der Waals surface area contributed by atoms with E-state index in [1.54, 1.807) is 12.1 Å². The van der Waals surface area contributed by atoms with Gasteiger partial charge in [-0.05, 0) is 43.2 Å². The standard InChI is InChI=1S/C17H19FN2/c18-15-6-8-16(9-7-15)19-12-14-10-11-20(13-14)17-4-2-1-3-5-17/h6-13,17H,1-5H2. The Labute approximate surface area is 119 Å². The fourth-order valence-electron chi connectivity index (χ4n) is 2.79. The number of aliphatic imine (C=N–C) groups is 1. The minimum atomic E-state index is -0.229. The third-order valence-electron chi connectivity index (χ3n) is 3.92.